The average molecular weight is 221 g/mol. The molecule has 16 heavy (non-hydrogen) atoms. The van der Waals surface area contributed by atoms with Gasteiger partial charge in [0.05, 0.1) is 0 Å². The third-order valence-electron chi connectivity index (χ3n) is 2.68. The van der Waals surface area contributed by atoms with E-state index in [2.05, 4.69) is 39.5 Å². The molecule has 2 nitrogen and oxygen atoms in total. The molecule has 1 aliphatic heterocycles. The van der Waals surface area contributed by atoms with E-state index in [0.717, 1.165) is 19.5 Å². The maximum absolute atomic E-state index is 11.8. The lowest BCUT2D eigenvalue weighted by atomic mass is 9.95. The lowest BCUT2D eigenvalue weighted by Crippen LogP contribution is -2.40. The third kappa shape index (κ3) is 4.26. The van der Waals surface area contributed by atoms with E-state index in [1.807, 2.05) is 4.90 Å². The van der Waals surface area contributed by atoms with E-state index < -0.39 is 0 Å². The monoisotopic (exact) mass is 221 g/mol. The summed E-state index contributed by atoms with van der Waals surface area (Å²) in [5, 5.41) is 0. The summed E-state index contributed by atoms with van der Waals surface area (Å²) in [5.74, 6) is 7.93. The molecule has 0 N–H and O–H groups in total. The molecule has 0 aliphatic carbocycles. The van der Waals surface area contributed by atoms with E-state index in [4.69, 9.17) is 0 Å². The number of hydrogen-bond acceptors (Lipinski definition) is 1. The van der Waals surface area contributed by atoms with Gasteiger partial charge in [-0.1, -0.05) is 33.6 Å². The van der Waals surface area contributed by atoms with Crippen molar-refractivity contribution in [2.75, 3.05) is 13.1 Å². The molecule has 2 heteroatoms. The maximum Gasteiger partial charge on any atom is 0.223 e. The Balaban J connectivity index is 2.46. The zero-order valence-electron chi connectivity index (χ0n) is 10.9. The van der Waals surface area contributed by atoms with Gasteiger partial charge in [0.25, 0.3) is 0 Å². The highest BCUT2D eigenvalue weighted by Crippen LogP contribution is 2.18. The van der Waals surface area contributed by atoms with E-state index in [9.17, 15) is 4.79 Å². The summed E-state index contributed by atoms with van der Waals surface area (Å²) >= 11 is 0. The first-order valence-electron chi connectivity index (χ1n) is 6.28. The number of hydrogen-bond donors (Lipinski definition) is 0. The summed E-state index contributed by atoms with van der Waals surface area (Å²) in [6.07, 6.45) is 1.66. The fraction of sp³-hybridized carbons (Fsp3) is 0.786. The minimum atomic E-state index is 0.281. The van der Waals surface area contributed by atoms with Crippen molar-refractivity contribution in [1.82, 2.24) is 4.90 Å². The van der Waals surface area contributed by atoms with Crippen molar-refractivity contribution in [3.8, 4) is 11.8 Å². The first kappa shape index (κ1) is 13.1. The van der Waals surface area contributed by atoms with Crippen molar-refractivity contribution in [2.45, 2.75) is 40.5 Å². The van der Waals surface area contributed by atoms with Gasteiger partial charge in [-0.3, -0.25) is 4.79 Å². The van der Waals surface area contributed by atoms with E-state index in [-0.39, 0.29) is 5.91 Å². The molecule has 1 heterocycles. The van der Waals surface area contributed by atoms with Gasteiger partial charge in [0.15, 0.2) is 0 Å². The largest absolute Gasteiger partial charge is 0.342 e. The Morgan fingerprint density at radius 2 is 2.06 bits per heavy atom. The van der Waals surface area contributed by atoms with Gasteiger partial charge in [-0.25, -0.2) is 0 Å². The summed E-state index contributed by atoms with van der Waals surface area (Å²) in [6.45, 7) is 10.2. The highest BCUT2D eigenvalue weighted by Gasteiger charge is 2.24. The van der Waals surface area contributed by atoms with Gasteiger partial charge in [-0.15, -0.1) is 5.92 Å². The molecule has 1 amide bonds. The number of carbonyl (C=O) groups is 1. The quantitative estimate of drug-likeness (QED) is 0.656. The standard InChI is InChI=1S/C14H23NO/c1-11(2)5-6-13-7-8-15(10-12(3)4)14(16)9-13/h11-13H,7-10H2,1-4H3. The van der Waals surface area contributed by atoms with Crippen molar-refractivity contribution >= 4 is 5.91 Å². The van der Waals surface area contributed by atoms with Crippen molar-refractivity contribution in [3.63, 3.8) is 0 Å². The fourth-order valence-corrected chi connectivity index (χ4v) is 1.92. The molecule has 90 valence electrons. The van der Waals surface area contributed by atoms with Gasteiger partial charge in [-0.2, -0.15) is 0 Å². The van der Waals surface area contributed by atoms with Crippen molar-refractivity contribution in [3.05, 3.63) is 0 Å². The molecular formula is C14H23NO. The van der Waals surface area contributed by atoms with Crippen LogP contribution in [0.4, 0.5) is 0 Å². The summed E-state index contributed by atoms with van der Waals surface area (Å²) in [4.78, 5) is 13.8. The Labute approximate surface area is 99.4 Å². The van der Waals surface area contributed by atoms with Crippen LogP contribution in [0.25, 0.3) is 0 Å². The molecule has 0 saturated carbocycles. The second kappa shape index (κ2) is 5.94. The molecule has 0 aromatic heterocycles. The van der Waals surface area contributed by atoms with Crippen LogP contribution >= 0.6 is 0 Å². The molecule has 1 saturated heterocycles. The number of rotatable bonds is 2. The second-order valence-electron chi connectivity index (χ2n) is 5.37. The molecule has 1 rings (SSSR count). The van der Waals surface area contributed by atoms with Gasteiger partial charge in [0.2, 0.25) is 5.91 Å². The molecule has 1 fully saturated rings. The van der Waals surface area contributed by atoms with Crippen molar-refractivity contribution in [1.29, 1.82) is 0 Å². The summed E-state index contributed by atoms with van der Waals surface area (Å²) in [5.41, 5.74) is 0. The molecule has 0 spiro atoms. The van der Waals surface area contributed by atoms with Gasteiger partial charge >= 0.3 is 0 Å². The van der Waals surface area contributed by atoms with Gasteiger partial charge in [-0.05, 0) is 12.3 Å². The average Bonchev–Trinajstić information content (AvgIpc) is 2.18. The fourth-order valence-electron chi connectivity index (χ4n) is 1.92. The number of piperidine rings is 1. The lowest BCUT2D eigenvalue weighted by molar-refractivity contribution is -0.134. The summed E-state index contributed by atoms with van der Waals surface area (Å²) in [7, 11) is 0. The first-order valence-corrected chi connectivity index (χ1v) is 6.28. The van der Waals surface area contributed by atoms with Crippen LogP contribution < -0.4 is 0 Å². The van der Waals surface area contributed by atoms with Gasteiger partial charge in [0.1, 0.15) is 0 Å². The van der Waals surface area contributed by atoms with Crippen LogP contribution in [0.1, 0.15) is 40.5 Å². The minimum absolute atomic E-state index is 0.281. The Morgan fingerprint density at radius 1 is 1.38 bits per heavy atom. The molecule has 1 aliphatic rings. The summed E-state index contributed by atoms with van der Waals surface area (Å²) < 4.78 is 0. The van der Waals surface area contributed by atoms with Crippen molar-refractivity contribution in [2.24, 2.45) is 17.8 Å². The highest BCUT2D eigenvalue weighted by atomic mass is 16.2. The predicted molar refractivity (Wildman–Crippen MR) is 66.8 cm³/mol. The lowest BCUT2D eigenvalue weighted by Gasteiger charge is -2.31. The van der Waals surface area contributed by atoms with E-state index in [1.165, 1.54) is 0 Å². The van der Waals surface area contributed by atoms with Crippen LogP contribution in [-0.4, -0.2) is 23.9 Å². The second-order valence-corrected chi connectivity index (χ2v) is 5.37. The molecule has 0 aromatic carbocycles. The topological polar surface area (TPSA) is 20.3 Å². The molecular weight excluding hydrogens is 198 g/mol. The zero-order valence-corrected chi connectivity index (χ0v) is 10.9. The van der Waals surface area contributed by atoms with Crippen LogP contribution in [0.5, 0.6) is 0 Å². The number of likely N-dealkylation sites (tertiary alicyclic amines) is 1. The molecule has 1 unspecified atom stereocenters. The summed E-state index contributed by atoms with van der Waals surface area (Å²) in [6, 6.07) is 0. The Bertz CT molecular complexity index is 296. The molecule has 0 bridgehead atoms. The Kier molecular flexibility index (Phi) is 4.86. The Hall–Kier alpha value is -0.970. The SMILES string of the molecule is CC(C)C#CC1CCN(CC(C)C)C(=O)C1. The third-order valence-corrected chi connectivity index (χ3v) is 2.68. The predicted octanol–water partition coefficient (Wildman–Crippen LogP) is 2.54. The molecule has 0 radical (unpaired) electrons. The van der Waals surface area contributed by atoms with Gasteiger partial charge < -0.3 is 4.90 Å². The molecule has 0 aromatic rings. The molecule has 1 atom stereocenters. The number of nitrogens with zero attached hydrogens (tertiary/aromatic N) is 1. The smallest absolute Gasteiger partial charge is 0.223 e. The van der Waals surface area contributed by atoms with E-state index >= 15 is 0 Å². The van der Waals surface area contributed by atoms with Crippen LogP contribution in [0.2, 0.25) is 0 Å². The Morgan fingerprint density at radius 3 is 2.56 bits per heavy atom. The van der Waals surface area contributed by atoms with Crippen LogP contribution in [0.15, 0.2) is 0 Å². The van der Waals surface area contributed by atoms with Gasteiger partial charge in [0, 0.05) is 31.3 Å². The van der Waals surface area contributed by atoms with Crippen LogP contribution in [0, 0.1) is 29.6 Å². The first-order chi connectivity index (χ1) is 7.49. The van der Waals surface area contributed by atoms with E-state index in [1.54, 1.807) is 0 Å². The van der Waals surface area contributed by atoms with Crippen LogP contribution in [-0.2, 0) is 4.79 Å². The van der Waals surface area contributed by atoms with E-state index in [0.29, 0.717) is 24.2 Å². The van der Waals surface area contributed by atoms with Crippen molar-refractivity contribution < 1.29 is 4.79 Å². The van der Waals surface area contributed by atoms with Crippen LogP contribution in [0.3, 0.4) is 0 Å². The number of carbonyl (C=O) groups excluding carboxylic acids is 1. The normalized spacial score (nSPS) is 21.2. The zero-order chi connectivity index (χ0) is 12.1. The number of amides is 1. The minimum Gasteiger partial charge on any atom is -0.342 e. The maximum atomic E-state index is 11.8. The highest BCUT2D eigenvalue weighted by molar-refractivity contribution is 5.77.